The van der Waals surface area contributed by atoms with Crippen LogP contribution in [0.15, 0.2) is 0 Å². The number of aliphatic carboxylic acids is 1. The fourth-order valence-electron chi connectivity index (χ4n) is 1.36. The molecule has 0 aromatic heterocycles. The minimum atomic E-state index is -0.892. The maximum Gasteiger partial charge on any atom is 0.303 e. The molecule has 0 aromatic rings. The predicted octanol–water partition coefficient (Wildman–Crippen LogP) is 1.12. The standard InChI is InChI=1S/C11H19NO4/c1-3-5-8(6-7-10(14)15)12-11(16)9(13)4-2/h8H,3-7H2,1-2H3,(H,12,16)(H,14,15)/t8-/m1/s1. The number of ketones is 1. The van der Waals surface area contributed by atoms with Crippen LogP contribution in [0.25, 0.3) is 0 Å². The van der Waals surface area contributed by atoms with Gasteiger partial charge in [-0.05, 0) is 12.8 Å². The summed E-state index contributed by atoms with van der Waals surface area (Å²) in [6.45, 7) is 3.57. The van der Waals surface area contributed by atoms with E-state index in [2.05, 4.69) is 5.32 Å². The van der Waals surface area contributed by atoms with Crippen LogP contribution in [0.1, 0.15) is 46.0 Å². The van der Waals surface area contributed by atoms with Gasteiger partial charge in [0.25, 0.3) is 5.91 Å². The molecule has 0 radical (unpaired) electrons. The van der Waals surface area contributed by atoms with Crippen LogP contribution in [0.4, 0.5) is 0 Å². The minimum absolute atomic E-state index is 0.00522. The Balaban J connectivity index is 4.15. The van der Waals surface area contributed by atoms with Crippen LogP contribution in [-0.2, 0) is 14.4 Å². The molecule has 0 bridgehead atoms. The molecule has 0 spiro atoms. The lowest BCUT2D eigenvalue weighted by Gasteiger charge is -2.16. The van der Waals surface area contributed by atoms with Crippen LogP contribution in [0.2, 0.25) is 0 Å². The second-order valence-corrected chi connectivity index (χ2v) is 3.67. The van der Waals surface area contributed by atoms with Gasteiger partial charge in [-0.25, -0.2) is 0 Å². The Morgan fingerprint density at radius 2 is 1.81 bits per heavy atom. The third kappa shape index (κ3) is 6.16. The second-order valence-electron chi connectivity index (χ2n) is 3.67. The van der Waals surface area contributed by atoms with Gasteiger partial charge < -0.3 is 10.4 Å². The predicted molar refractivity (Wildman–Crippen MR) is 59.0 cm³/mol. The zero-order valence-corrected chi connectivity index (χ0v) is 9.78. The highest BCUT2D eigenvalue weighted by Crippen LogP contribution is 2.05. The molecule has 0 heterocycles. The highest BCUT2D eigenvalue weighted by molar-refractivity contribution is 6.36. The molecule has 0 aromatic carbocycles. The van der Waals surface area contributed by atoms with Crippen LogP contribution in [0.5, 0.6) is 0 Å². The number of carbonyl (C=O) groups is 3. The lowest BCUT2D eigenvalue weighted by atomic mass is 10.1. The van der Waals surface area contributed by atoms with E-state index in [0.29, 0.717) is 12.8 Å². The molecule has 0 aliphatic carbocycles. The summed E-state index contributed by atoms with van der Waals surface area (Å²) in [5, 5.41) is 11.1. The van der Waals surface area contributed by atoms with E-state index in [1.54, 1.807) is 6.92 Å². The smallest absolute Gasteiger partial charge is 0.303 e. The third-order valence-corrected chi connectivity index (χ3v) is 2.25. The topological polar surface area (TPSA) is 83.5 Å². The molecule has 5 nitrogen and oxygen atoms in total. The Bertz CT molecular complexity index is 263. The number of amides is 1. The number of hydrogen-bond acceptors (Lipinski definition) is 3. The summed E-state index contributed by atoms with van der Waals surface area (Å²) in [6.07, 6.45) is 2.07. The lowest BCUT2D eigenvalue weighted by molar-refractivity contribution is -0.139. The van der Waals surface area contributed by atoms with E-state index in [4.69, 9.17) is 5.11 Å². The zero-order chi connectivity index (χ0) is 12.6. The summed E-state index contributed by atoms with van der Waals surface area (Å²) in [7, 11) is 0. The number of carbonyl (C=O) groups excluding carboxylic acids is 2. The Morgan fingerprint density at radius 1 is 1.19 bits per heavy atom. The number of hydrogen-bond donors (Lipinski definition) is 2. The molecular formula is C11H19NO4. The SMILES string of the molecule is CCC[C@H](CCC(=O)O)NC(=O)C(=O)CC. The number of Topliss-reactive ketones (excluding diaryl/α,β-unsaturated/α-hetero) is 1. The van der Waals surface area contributed by atoms with E-state index in [1.807, 2.05) is 6.92 Å². The molecule has 0 aliphatic heterocycles. The van der Waals surface area contributed by atoms with Crippen molar-refractivity contribution >= 4 is 17.7 Å². The molecule has 92 valence electrons. The van der Waals surface area contributed by atoms with Gasteiger partial charge in [0.1, 0.15) is 0 Å². The first-order valence-corrected chi connectivity index (χ1v) is 5.56. The largest absolute Gasteiger partial charge is 0.481 e. The van der Waals surface area contributed by atoms with Gasteiger partial charge in [0.05, 0.1) is 0 Å². The molecular weight excluding hydrogens is 210 g/mol. The first-order valence-electron chi connectivity index (χ1n) is 5.56. The normalized spacial score (nSPS) is 11.9. The molecule has 1 amide bonds. The third-order valence-electron chi connectivity index (χ3n) is 2.25. The number of carboxylic acid groups (broad SMARTS) is 1. The van der Waals surface area contributed by atoms with E-state index in [0.717, 1.165) is 6.42 Å². The van der Waals surface area contributed by atoms with Crippen molar-refractivity contribution in [1.82, 2.24) is 5.32 Å². The van der Waals surface area contributed by atoms with E-state index in [1.165, 1.54) is 0 Å². The van der Waals surface area contributed by atoms with Crippen LogP contribution >= 0.6 is 0 Å². The van der Waals surface area contributed by atoms with Gasteiger partial charge in [-0.1, -0.05) is 20.3 Å². The zero-order valence-electron chi connectivity index (χ0n) is 9.78. The molecule has 0 saturated carbocycles. The van der Waals surface area contributed by atoms with Crippen molar-refractivity contribution in [1.29, 1.82) is 0 Å². The van der Waals surface area contributed by atoms with Gasteiger partial charge >= 0.3 is 5.97 Å². The van der Waals surface area contributed by atoms with Crippen LogP contribution < -0.4 is 5.32 Å². The number of nitrogens with one attached hydrogen (secondary N) is 1. The van der Waals surface area contributed by atoms with Gasteiger partial charge in [-0.15, -0.1) is 0 Å². The molecule has 5 heteroatoms. The van der Waals surface area contributed by atoms with Crippen molar-refractivity contribution < 1.29 is 19.5 Å². The van der Waals surface area contributed by atoms with Gasteiger partial charge in [0.2, 0.25) is 5.78 Å². The summed E-state index contributed by atoms with van der Waals surface area (Å²) in [4.78, 5) is 32.8. The number of rotatable bonds is 8. The van der Waals surface area contributed by atoms with Gasteiger partial charge in [0, 0.05) is 18.9 Å². The minimum Gasteiger partial charge on any atom is -0.481 e. The molecule has 0 unspecified atom stereocenters. The van der Waals surface area contributed by atoms with Crippen molar-refractivity contribution in [3.8, 4) is 0 Å². The van der Waals surface area contributed by atoms with Gasteiger partial charge in [0.15, 0.2) is 0 Å². The number of carboxylic acids is 1. The maximum absolute atomic E-state index is 11.3. The fraction of sp³-hybridized carbons (Fsp3) is 0.727. The lowest BCUT2D eigenvalue weighted by Crippen LogP contribution is -2.39. The Hall–Kier alpha value is -1.39. The Morgan fingerprint density at radius 3 is 2.25 bits per heavy atom. The van der Waals surface area contributed by atoms with Crippen molar-refractivity contribution in [2.24, 2.45) is 0 Å². The van der Waals surface area contributed by atoms with Crippen LogP contribution in [-0.4, -0.2) is 28.8 Å². The van der Waals surface area contributed by atoms with Gasteiger partial charge in [-0.3, -0.25) is 14.4 Å². The monoisotopic (exact) mass is 229 g/mol. The maximum atomic E-state index is 11.3. The highest BCUT2D eigenvalue weighted by Gasteiger charge is 2.17. The van der Waals surface area contributed by atoms with E-state index in [-0.39, 0.29) is 18.9 Å². The van der Waals surface area contributed by atoms with Crippen molar-refractivity contribution in [3.63, 3.8) is 0 Å². The second kappa shape index (κ2) is 7.84. The van der Waals surface area contributed by atoms with E-state index < -0.39 is 17.7 Å². The molecule has 0 aliphatic rings. The molecule has 16 heavy (non-hydrogen) atoms. The van der Waals surface area contributed by atoms with E-state index in [9.17, 15) is 14.4 Å². The van der Waals surface area contributed by atoms with Crippen molar-refractivity contribution in [2.75, 3.05) is 0 Å². The molecule has 1 atom stereocenters. The average Bonchev–Trinajstić information content (AvgIpc) is 2.24. The quantitative estimate of drug-likeness (QED) is 0.611. The summed E-state index contributed by atoms with van der Waals surface area (Å²) in [6, 6.07) is -0.218. The Labute approximate surface area is 95.2 Å². The average molecular weight is 229 g/mol. The van der Waals surface area contributed by atoms with Crippen molar-refractivity contribution in [2.45, 2.75) is 52.0 Å². The van der Waals surface area contributed by atoms with Gasteiger partial charge in [-0.2, -0.15) is 0 Å². The first-order chi connectivity index (χ1) is 7.51. The summed E-state index contributed by atoms with van der Waals surface area (Å²) < 4.78 is 0. The van der Waals surface area contributed by atoms with Crippen LogP contribution in [0.3, 0.4) is 0 Å². The Kier molecular flexibility index (Phi) is 7.16. The fourth-order valence-corrected chi connectivity index (χ4v) is 1.36. The first kappa shape index (κ1) is 14.6. The summed E-state index contributed by atoms with van der Waals surface area (Å²) in [5.74, 6) is -1.96. The van der Waals surface area contributed by atoms with E-state index >= 15 is 0 Å². The van der Waals surface area contributed by atoms with Crippen LogP contribution in [0, 0.1) is 0 Å². The molecule has 0 fully saturated rings. The molecule has 2 N–H and O–H groups in total. The molecule has 0 rings (SSSR count). The summed E-state index contributed by atoms with van der Waals surface area (Å²) in [5.41, 5.74) is 0. The highest BCUT2D eigenvalue weighted by atomic mass is 16.4. The molecule has 0 saturated heterocycles. The van der Waals surface area contributed by atoms with Crippen molar-refractivity contribution in [3.05, 3.63) is 0 Å². The summed E-state index contributed by atoms with van der Waals surface area (Å²) >= 11 is 0.